The van der Waals surface area contributed by atoms with E-state index in [1.54, 1.807) is 0 Å². The molecular formula is C5H9BrO2. The zero-order chi connectivity index (χ0) is 6.41. The Kier molecular flexibility index (Phi) is 5.11. The van der Waals surface area contributed by atoms with E-state index in [4.69, 9.17) is 0 Å². The first kappa shape index (κ1) is 7.98. The second-order valence-electron chi connectivity index (χ2n) is 1.16. The van der Waals surface area contributed by atoms with Crippen LogP contribution in [0.4, 0.5) is 0 Å². The molecule has 0 saturated carbocycles. The number of allylic oxidation sites excluding steroid dienone is 1. The first-order chi connectivity index (χ1) is 3.81. The van der Waals surface area contributed by atoms with Gasteiger partial charge in [0.15, 0.2) is 0 Å². The Labute approximate surface area is 57.5 Å². The van der Waals surface area contributed by atoms with Crippen LogP contribution in [0.3, 0.4) is 0 Å². The average molecular weight is 181 g/mol. The number of hydrogen-bond donors (Lipinski definition) is 0. The molecular weight excluding hydrogens is 172 g/mol. The standard InChI is InChI=1S/C5H9BrO2/c1-3-7-8-5(2)4-6/h2-4H2,1H3. The fourth-order valence-corrected chi connectivity index (χ4v) is 0.258. The van der Waals surface area contributed by atoms with Gasteiger partial charge in [-0.3, -0.25) is 0 Å². The highest BCUT2D eigenvalue weighted by molar-refractivity contribution is 9.09. The summed E-state index contributed by atoms with van der Waals surface area (Å²) in [5, 5.41) is 0.618. The van der Waals surface area contributed by atoms with Gasteiger partial charge in [-0.2, -0.15) is 4.89 Å². The fourth-order valence-electron chi connectivity index (χ4n) is 0.165. The van der Waals surface area contributed by atoms with Crippen molar-refractivity contribution in [3.05, 3.63) is 12.3 Å². The second kappa shape index (κ2) is 5.12. The molecule has 0 heterocycles. The maximum absolute atomic E-state index is 4.60. The molecule has 0 aromatic rings. The lowest BCUT2D eigenvalue weighted by molar-refractivity contribution is -0.256. The van der Waals surface area contributed by atoms with Gasteiger partial charge in [-0.25, -0.2) is 0 Å². The van der Waals surface area contributed by atoms with Crippen LogP contribution in [0.5, 0.6) is 0 Å². The molecule has 0 rings (SSSR count). The molecule has 3 heteroatoms. The molecule has 8 heavy (non-hydrogen) atoms. The minimum Gasteiger partial charge on any atom is -0.342 e. The summed E-state index contributed by atoms with van der Waals surface area (Å²) >= 11 is 3.14. The normalized spacial score (nSPS) is 8.75. The summed E-state index contributed by atoms with van der Waals surface area (Å²) in [4.78, 5) is 9.16. The molecule has 0 aromatic heterocycles. The highest BCUT2D eigenvalue weighted by Crippen LogP contribution is 1.97. The van der Waals surface area contributed by atoms with Gasteiger partial charge >= 0.3 is 0 Å². The van der Waals surface area contributed by atoms with E-state index in [1.165, 1.54) is 0 Å². The van der Waals surface area contributed by atoms with E-state index in [2.05, 4.69) is 32.3 Å². The molecule has 0 spiro atoms. The lowest BCUT2D eigenvalue weighted by Crippen LogP contribution is -1.92. The number of rotatable bonds is 4. The van der Waals surface area contributed by atoms with Crippen molar-refractivity contribution >= 4 is 15.9 Å². The summed E-state index contributed by atoms with van der Waals surface area (Å²) in [6.07, 6.45) is 0. The molecule has 0 bridgehead atoms. The predicted octanol–water partition coefficient (Wildman–Crippen LogP) is 1.86. The SMILES string of the molecule is C=C(CBr)OOCC. The van der Waals surface area contributed by atoms with E-state index >= 15 is 0 Å². The maximum Gasteiger partial charge on any atom is 0.145 e. The molecule has 0 aliphatic heterocycles. The van der Waals surface area contributed by atoms with Crippen LogP contribution in [0.25, 0.3) is 0 Å². The van der Waals surface area contributed by atoms with Crippen molar-refractivity contribution in [2.24, 2.45) is 0 Å². The Hall–Kier alpha value is -0.0200. The van der Waals surface area contributed by atoms with Crippen molar-refractivity contribution < 1.29 is 9.78 Å². The Morgan fingerprint density at radius 1 is 1.75 bits per heavy atom. The van der Waals surface area contributed by atoms with Crippen LogP contribution < -0.4 is 0 Å². The van der Waals surface area contributed by atoms with Crippen LogP contribution in [0, 0.1) is 0 Å². The smallest absolute Gasteiger partial charge is 0.145 e. The van der Waals surface area contributed by atoms with E-state index in [1.807, 2.05) is 6.92 Å². The molecule has 0 aliphatic rings. The summed E-state index contributed by atoms with van der Waals surface area (Å²) in [7, 11) is 0. The van der Waals surface area contributed by atoms with Gasteiger partial charge in [0.05, 0.1) is 11.9 Å². The minimum atomic E-state index is 0.548. The van der Waals surface area contributed by atoms with Crippen LogP contribution in [-0.4, -0.2) is 11.9 Å². The van der Waals surface area contributed by atoms with Gasteiger partial charge in [-0.15, -0.1) is 0 Å². The van der Waals surface area contributed by atoms with Crippen molar-refractivity contribution in [3.63, 3.8) is 0 Å². The van der Waals surface area contributed by atoms with Crippen LogP contribution in [0.15, 0.2) is 12.3 Å². The second-order valence-corrected chi connectivity index (χ2v) is 1.72. The Morgan fingerprint density at radius 3 is 2.75 bits per heavy atom. The molecule has 48 valence electrons. The van der Waals surface area contributed by atoms with Gasteiger partial charge in [0.2, 0.25) is 0 Å². The van der Waals surface area contributed by atoms with E-state index in [-0.39, 0.29) is 0 Å². The third-order valence-corrected chi connectivity index (χ3v) is 1.07. The zero-order valence-corrected chi connectivity index (χ0v) is 6.40. The lowest BCUT2D eigenvalue weighted by Gasteiger charge is -2.00. The van der Waals surface area contributed by atoms with Crippen molar-refractivity contribution in [2.45, 2.75) is 6.92 Å². The molecule has 0 fully saturated rings. The molecule has 0 aliphatic carbocycles. The molecule has 0 unspecified atom stereocenters. The summed E-state index contributed by atoms with van der Waals surface area (Å²) in [5.41, 5.74) is 0. The lowest BCUT2D eigenvalue weighted by atomic mass is 10.7. The largest absolute Gasteiger partial charge is 0.342 e. The van der Waals surface area contributed by atoms with Crippen LogP contribution in [-0.2, 0) is 9.78 Å². The topological polar surface area (TPSA) is 18.5 Å². The zero-order valence-electron chi connectivity index (χ0n) is 4.82. The van der Waals surface area contributed by atoms with Crippen molar-refractivity contribution in [3.8, 4) is 0 Å². The number of hydrogen-bond acceptors (Lipinski definition) is 2. The van der Waals surface area contributed by atoms with Crippen LogP contribution in [0.1, 0.15) is 6.92 Å². The molecule has 0 saturated heterocycles. The Morgan fingerprint density at radius 2 is 2.38 bits per heavy atom. The quantitative estimate of drug-likeness (QED) is 0.285. The first-order valence-electron chi connectivity index (χ1n) is 2.34. The molecule has 0 aromatic carbocycles. The van der Waals surface area contributed by atoms with Crippen LogP contribution >= 0.6 is 15.9 Å². The van der Waals surface area contributed by atoms with Crippen molar-refractivity contribution in [1.29, 1.82) is 0 Å². The van der Waals surface area contributed by atoms with Gasteiger partial charge < -0.3 is 4.89 Å². The number of alkyl halides is 1. The summed E-state index contributed by atoms with van der Waals surface area (Å²) in [5.74, 6) is 0.590. The summed E-state index contributed by atoms with van der Waals surface area (Å²) in [6, 6.07) is 0. The van der Waals surface area contributed by atoms with Gasteiger partial charge in [0.1, 0.15) is 5.76 Å². The monoisotopic (exact) mass is 180 g/mol. The maximum atomic E-state index is 4.60. The molecule has 0 N–H and O–H groups in total. The molecule has 0 radical (unpaired) electrons. The highest BCUT2D eigenvalue weighted by Gasteiger charge is 1.88. The van der Waals surface area contributed by atoms with E-state index in [9.17, 15) is 0 Å². The average Bonchev–Trinajstić information content (AvgIpc) is 1.83. The van der Waals surface area contributed by atoms with Gasteiger partial charge in [0.25, 0.3) is 0 Å². The fraction of sp³-hybridized carbons (Fsp3) is 0.600. The Balaban J connectivity index is 2.99. The minimum absolute atomic E-state index is 0.548. The summed E-state index contributed by atoms with van der Waals surface area (Å²) in [6.45, 7) is 5.91. The summed E-state index contributed by atoms with van der Waals surface area (Å²) < 4.78 is 0. The van der Waals surface area contributed by atoms with E-state index < -0.39 is 0 Å². The Bertz CT molecular complexity index is 72.8. The first-order valence-corrected chi connectivity index (χ1v) is 3.46. The predicted molar refractivity (Wildman–Crippen MR) is 35.6 cm³/mol. The van der Waals surface area contributed by atoms with Crippen molar-refractivity contribution in [1.82, 2.24) is 0 Å². The third-order valence-electron chi connectivity index (χ3n) is 0.444. The van der Waals surface area contributed by atoms with Gasteiger partial charge in [-0.1, -0.05) is 22.5 Å². The van der Waals surface area contributed by atoms with Gasteiger partial charge in [-0.05, 0) is 6.92 Å². The molecule has 2 nitrogen and oxygen atoms in total. The van der Waals surface area contributed by atoms with Crippen molar-refractivity contribution in [2.75, 3.05) is 11.9 Å². The van der Waals surface area contributed by atoms with Crippen LogP contribution in [0.2, 0.25) is 0 Å². The van der Waals surface area contributed by atoms with E-state index in [0.29, 0.717) is 17.7 Å². The molecule has 0 atom stereocenters. The third kappa shape index (κ3) is 4.15. The van der Waals surface area contributed by atoms with Gasteiger partial charge in [0, 0.05) is 0 Å². The number of halogens is 1. The highest BCUT2D eigenvalue weighted by atomic mass is 79.9. The molecule has 0 amide bonds. The van der Waals surface area contributed by atoms with E-state index in [0.717, 1.165) is 0 Å².